The molecule has 1 aromatic carbocycles. The number of anilines is 1. The molecular weight excluding hydrogens is 424 g/mol. The van der Waals surface area contributed by atoms with E-state index in [1.165, 1.54) is 11.8 Å². The number of hydrogen-bond acceptors (Lipinski definition) is 6. The number of nitrogens with one attached hydrogen (secondary N) is 1. The Morgan fingerprint density at radius 1 is 1.12 bits per heavy atom. The lowest BCUT2D eigenvalue weighted by molar-refractivity contribution is 0.0156. The number of aromatic nitrogens is 1. The lowest BCUT2D eigenvalue weighted by Crippen LogP contribution is -2.48. The van der Waals surface area contributed by atoms with Crippen LogP contribution in [0.5, 0.6) is 0 Å². The van der Waals surface area contributed by atoms with Gasteiger partial charge >= 0.3 is 0 Å². The predicted molar refractivity (Wildman–Crippen MR) is 124 cm³/mol. The zero-order chi connectivity index (χ0) is 22.6. The summed E-state index contributed by atoms with van der Waals surface area (Å²) in [6.45, 7) is 1.12. The van der Waals surface area contributed by atoms with Gasteiger partial charge in [0, 0.05) is 18.8 Å². The monoisotopic (exact) mass is 454 g/mol. The first-order valence-electron chi connectivity index (χ1n) is 11.2. The van der Waals surface area contributed by atoms with Crippen molar-refractivity contribution in [3.8, 4) is 6.07 Å². The van der Waals surface area contributed by atoms with E-state index in [0.29, 0.717) is 31.1 Å². The van der Waals surface area contributed by atoms with Crippen LogP contribution in [-0.2, 0) is 14.8 Å². The molecule has 1 saturated carbocycles. The van der Waals surface area contributed by atoms with E-state index in [2.05, 4.69) is 51.0 Å². The average Bonchev–Trinajstić information content (AvgIpc) is 3.19. The van der Waals surface area contributed by atoms with E-state index < -0.39 is 10.0 Å². The maximum Gasteiger partial charge on any atom is 0.209 e. The second-order valence-corrected chi connectivity index (χ2v) is 10.6. The summed E-state index contributed by atoms with van der Waals surface area (Å²) >= 11 is 0. The van der Waals surface area contributed by atoms with Gasteiger partial charge in [-0.1, -0.05) is 30.3 Å². The van der Waals surface area contributed by atoms with Crippen LogP contribution in [0.15, 0.2) is 48.7 Å². The second kappa shape index (κ2) is 9.99. The van der Waals surface area contributed by atoms with Crippen molar-refractivity contribution in [2.75, 3.05) is 24.3 Å². The van der Waals surface area contributed by atoms with Gasteiger partial charge in [0.05, 0.1) is 30.6 Å². The van der Waals surface area contributed by atoms with E-state index in [4.69, 9.17) is 10.00 Å². The Kier molecular flexibility index (Phi) is 7.09. The van der Waals surface area contributed by atoms with Crippen LogP contribution >= 0.6 is 0 Å². The fourth-order valence-corrected chi connectivity index (χ4v) is 5.73. The maximum absolute atomic E-state index is 11.9. The van der Waals surface area contributed by atoms with E-state index >= 15 is 0 Å². The zero-order valence-corrected chi connectivity index (χ0v) is 19.2. The molecule has 170 valence electrons. The number of sulfonamides is 1. The molecular formula is C24H30N4O3S. The molecule has 0 radical (unpaired) electrons. The van der Waals surface area contributed by atoms with E-state index in [0.717, 1.165) is 31.5 Å². The predicted octanol–water partition coefficient (Wildman–Crippen LogP) is 3.19. The normalized spacial score (nSPS) is 26.1. The van der Waals surface area contributed by atoms with Gasteiger partial charge in [0.25, 0.3) is 0 Å². The first-order valence-corrected chi connectivity index (χ1v) is 13.1. The van der Waals surface area contributed by atoms with Gasteiger partial charge in [0.2, 0.25) is 10.0 Å². The van der Waals surface area contributed by atoms with Gasteiger partial charge in [0.15, 0.2) is 0 Å². The molecule has 8 heteroatoms. The van der Waals surface area contributed by atoms with Crippen molar-refractivity contribution in [2.45, 2.75) is 56.2 Å². The molecule has 32 heavy (non-hydrogen) atoms. The van der Waals surface area contributed by atoms with Crippen molar-refractivity contribution in [3.05, 3.63) is 59.8 Å². The Bertz CT molecular complexity index is 1030. The van der Waals surface area contributed by atoms with Crippen LogP contribution in [-0.4, -0.2) is 51.0 Å². The minimum Gasteiger partial charge on any atom is -0.376 e. The molecule has 7 nitrogen and oxygen atoms in total. The molecule has 1 aromatic heterocycles. The smallest absolute Gasteiger partial charge is 0.209 e. The van der Waals surface area contributed by atoms with Gasteiger partial charge in [-0.05, 0) is 55.7 Å². The number of benzene rings is 1. The summed E-state index contributed by atoms with van der Waals surface area (Å²) in [5, 5.41) is 9.04. The van der Waals surface area contributed by atoms with E-state index in [9.17, 15) is 8.42 Å². The number of ether oxygens (including phenoxy) is 1. The lowest BCUT2D eigenvalue weighted by Gasteiger charge is -2.33. The molecule has 0 bridgehead atoms. The van der Waals surface area contributed by atoms with Crippen LogP contribution < -0.4 is 9.62 Å². The third-order valence-corrected chi connectivity index (χ3v) is 7.26. The van der Waals surface area contributed by atoms with Crippen LogP contribution in [0.3, 0.4) is 0 Å². The Labute approximate surface area is 190 Å². The summed E-state index contributed by atoms with van der Waals surface area (Å²) in [5.74, 6) is 1.32. The molecule has 1 N–H and O–H groups in total. The van der Waals surface area contributed by atoms with Crippen LogP contribution in [0, 0.1) is 11.3 Å². The third kappa shape index (κ3) is 5.66. The fourth-order valence-electron chi connectivity index (χ4n) is 4.90. The van der Waals surface area contributed by atoms with E-state index in [-0.39, 0.29) is 18.2 Å². The van der Waals surface area contributed by atoms with Gasteiger partial charge < -0.3 is 9.64 Å². The maximum atomic E-state index is 11.9. The highest BCUT2D eigenvalue weighted by Crippen LogP contribution is 2.34. The van der Waals surface area contributed by atoms with E-state index in [1.807, 2.05) is 6.07 Å². The molecule has 0 unspecified atom stereocenters. The second-order valence-electron chi connectivity index (χ2n) is 8.78. The summed E-state index contributed by atoms with van der Waals surface area (Å²) in [4.78, 5) is 6.52. The Hall–Kier alpha value is -2.47. The first kappa shape index (κ1) is 22.7. The molecule has 2 aromatic rings. The molecule has 4 rings (SSSR count). The molecule has 1 aliphatic heterocycles. The van der Waals surface area contributed by atoms with Crippen molar-refractivity contribution in [1.29, 1.82) is 5.26 Å². The van der Waals surface area contributed by atoms with Crippen molar-refractivity contribution in [2.24, 2.45) is 0 Å². The molecule has 2 heterocycles. The minimum absolute atomic E-state index is 0.142. The highest BCUT2D eigenvalue weighted by atomic mass is 32.2. The molecule has 0 spiro atoms. The molecule has 2 aliphatic rings. The minimum atomic E-state index is -3.33. The number of nitriles is 1. The van der Waals surface area contributed by atoms with Crippen molar-refractivity contribution < 1.29 is 13.2 Å². The quantitative estimate of drug-likeness (QED) is 0.690. The van der Waals surface area contributed by atoms with Gasteiger partial charge in [-0.25, -0.2) is 18.1 Å². The van der Waals surface area contributed by atoms with Crippen molar-refractivity contribution >= 4 is 15.8 Å². The average molecular weight is 455 g/mol. The molecule has 1 aliphatic carbocycles. The summed E-state index contributed by atoms with van der Waals surface area (Å²) in [7, 11) is -3.33. The highest BCUT2D eigenvalue weighted by Gasteiger charge is 2.37. The van der Waals surface area contributed by atoms with Gasteiger partial charge in [-0.2, -0.15) is 5.26 Å². The Balaban J connectivity index is 1.40. The Morgan fingerprint density at radius 2 is 1.88 bits per heavy atom. The number of hydrogen-bond donors (Lipinski definition) is 1. The van der Waals surface area contributed by atoms with Crippen molar-refractivity contribution in [3.63, 3.8) is 0 Å². The molecule has 2 atom stereocenters. The standard InChI is InChI=1S/C24H30N4O3S/c1-32(29,30)27-22-13-14-28(24-12-7-18(15-25)16-26-24)23(22)17-31-21-10-8-20(9-11-21)19-5-3-2-4-6-19/h2-7,12,16,20-23,27H,8-11,13-14,17H2,1H3/t20?,21?,22-,23-/m0/s1. The number of rotatable bonds is 7. The highest BCUT2D eigenvalue weighted by molar-refractivity contribution is 7.88. The summed E-state index contributed by atoms with van der Waals surface area (Å²) in [6.07, 6.45) is 7.83. The summed E-state index contributed by atoms with van der Waals surface area (Å²) < 4.78 is 32.9. The topological polar surface area (TPSA) is 95.3 Å². The Morgan fingerprint density at radius 3 is 2.50 bits per heavy atom. The molecule has 0 amide bonds. The number of nitrogens with zero attached hydrogens (tertiary/aromatic N) is 3. The summed E-state index contributed by atoms with van der Waals surface area (Å²) in [6, 6.07) is 15.9. The molecule has 2 fully saturated rings. The van der Waals surface area contributed by atoms with Crippen LogP contribution in [0.4, 0.5) is 5.82 Å². The largest absolute Gasteiger partial charge is 0.376 e. The SMILES string of the molecule is CS(=O)(=O)N[C@H]1CCN(c2ccc(C#N)cn2)[C@H]1COC1CCC(c2ccccc2)CC1. The van der Waals surface area contributed by atoms with Crippen LogP contribution in [0.2, 0.25) is 0 Å². The van der Waals surface area contributed by atoms with Gasteiger partial charge in [-0.15, -0.1) is 0 Å². The summed E-state index contributed by atoms with van der Waals surface area (Å²) in [5.41, 5.74) is 1.90. The third-order valence-electron chi connectivity index (χ3n) is 6.53. The lowest BCUT2D eigenvalue weighted by atomic mass is 9.83. The number of pyridine rings is 1. The van der Waals surface area contributed by atoms with Gasteiger partial charge in [-0.3, -0.25) is 0 Å². The first-order chi connectivity index (χ1) is 15.4. The van der Waals surface area contributed by atoms with Crippen molar-refractivity contribution in [1.82, 2.24) is 9.71 Å². The van der Waals surface area contributed by atoms with Crippen LogP contribution in [0.1, 0.15) is 49.1 Å². The fraction of sp³-hybridized carbons (Fsp3) is 0.500. The van der Waals surface area contributed by atoms with Crippen LogP contribution in [0.25, 0.3) is 0 Å². The van der Waals surface area contributed by atoms with E-state index in [1.54, 1.807) is 12.3 Å². The van der Waals surface area contributed by atoms with Gasteiger partial charge in [0.1, 0.15) is 11.9 Å². The zero-order valence-electron chi connectivity index (χ0n) is 18.4. The molecule has 1 saturated heterocycles.